The number of benzene rings is 1. The van der Waals surface area contributed by atoms with E-state index in [9.17, 15) is 4.79 Å². The van der Waals surface area contributed by atoms with Crippen molar-refractivity contribution in [1.29, 1.82) is 0 Å². The quantitative estimate of drug-likeness (QED) is 0.888. The summed E-state index contributed by atoms with van der Waals surface area (Å²) < 4.78 is 8.06. The Kier molecular flexibility index (Phi) is 4.98. The van der Waals surface area contributed by atoms with E-state index in [2.05, 4.69) is 24.1 Å². The van der Waals surface area contributed by atoms with Crippen molar-refractivity contribution >= 4 is 11.6 Å². The lowest BCUT2D eigenvalue weighted by atomic mass is 10.1. The fraction of sp³-hybridized carbons (Fsp3) is 0.375. The first-order valence-corrected chi connectivity index (χ1v) is 7.04. The van der Waals surface area contributed by atoms with Crippen molar-refractivity contribution in [2.45, 2.75) is 33.4 Å². The van der Waals surface area contributed by atoms with E-state index >= 15 is 0 Å². The molecule has 0 aliphatic carbocycles. The zero-order chi connectivity index (χ0) is 15.2. The second-order valence-corrected chi connectivity index (χ2v) is 5.37. The Morgan fingerprint density at radius 1 is 1.33 bits per heavy atom. The van der Waals surface area contributed by atoms with Gasteiger partial charge in [-0.25, -0.2) is 4.98 Å². The summed E-state index contributed by atoms with van der Waals surface area (Å²) in [5.74, 6) is 1.09. The van der Waals surface area contributed by atoms with Crippen molar-refractivity contribution in [1.82, 2.24) is 9.55 Å². The molecule has 0 fully saturated rings. The first-order valence-electron chi connectivity index (χ1n) is 7.04. The Morgan fingerprint density at radius 3 is 2.57 bits per heavy atom. The summed E-state index contributed by atoms with van der Waals surface area (Å²) in [5, 5.41) is 2.74. The number of hydrogen-bond acceptors (Lipinski definition) is 3. The van der Waals surface area contributed by atoms with Crippen LogP contribution in [0.4, 0.5) is 5.69 Å². The third kappa shape index (κ3) is 4.63. The molecule has 2 rings (SSSR count). The van der Waals surface area contributed by atoms with E-state index in [1.54, 1.807) is 12.5 Å². The molecule has 0 spiro atoms. The second kappa shape index (κ2) is 6.92. The molecule has 1 heterocycles. The third-order valence-corrected chi connectivity index (χ3v) is 3.16. The first-order chi connectivity index (χ1) is 10.0. The highest BCUT2D eigenvalue weighted by molar-refractivity contribution is 5.88. The van der Waals surface area contributed by atoms with Crippen LogP contribution in [0.5, 0.6) is 5.75 Å². The average molecular weight is 287 g/mol. The van der Waals surface area contributed by atoms with Crippen molar-refractivity contribution in [3.63, 3.8) is 0 Å². The van der Waals surface area contributed by atoms with Crippen LogP contribution in [0.25, 0.3) is 0 Å². The number of anilines is 1. The number of amides is 1. The maximum absolute atomic E-state index is 11.0. The molecule has 112 valence electrons. The van der Waals surface area contributed by atoms with Crippen LogP contribution < -0.4 is 10.1 Å². The number of nitrogens with one attached hydrogen (secondary N) is 1. The van der Waals surface area contributed by atoms with Crippen LogP contribution in [-0.4, -0.2) is 21.6 Å². The van der Waals surface area contributed by atoms with Gasteiger partial charge in [-0.1, -0.05) is 13.8 Å². The monoisotopic (exact) mass is 287 g/mol. The van der Waals surface area contributed by atoms with Gasteiger partial charge in [-0.05, 0) is 30.2 Å². The van der Waals surface area contributed by atoms with Crippen LogP contribution in [0.1, 0.15) is 20.8 Å². The Bertz CT molecular complexity index is 562. The predicted octanol–water partition coefficient (Wildman–Crippen LogP) is 2.95. The molecular formula is C16H21N3O2. The minimum Gasteiger partial charge on any atom is -0.488 e. The van der Waals surface area contributed by atoms with E-state index in [0.29, 0.717) is 5.92 Å². The van der Waals surface area contributed by atoms with Crippen LogP contribution in [-0.2, 0) is 11.3 Å². The number of nitrogens with zero attached hydrogens (tertiary/aromatic N) is 2. The van der Waals surface area contributed by atoms with Crippen molar-refractivity contribution in [2.75, 3.05) is 5.32 Å². The molecule has 0 aliphatic heterocycles. The topological polar surface area (TPSA) is 56.1 Å². The van der Waals surface area contributed by atoms with Gasteiger partial charge in [-0.2, -0.15) is 0 Å². The molecule has 1 N–H and O–H groups in total. The Hall–Kier alpha value is -2.30. The largest absolute Gasteiger partial charge is 0.488 e. The van der Waals surface area contributed by atoms with Gasteiger partial charge < -0.3 is 14.6 Å². The van der Waals surface area contributed by atoms with Crippen molar-refractivity contribution in [2.24, 2.45) is 5.92 Å². The van der Waals surface area contributed by atoms with Gasteiger partial charge in [-0.15, -0.1) is 0 Å². The van der Waals surface area contributed by atoms with E-state index < -0.39 is 0 Å². The zero-order valence-electron chi connectivity index (χ0n) is 12.6. The number of carbonyl (C=O) groups is 1. The molecular weight excluding hydrogens is 266 g/mol. The van der Waals surface area contributed by atoms with Gasteiger partial charge in [0.2, 0.25) is 5.91 Å². The van der Waals surface area contributed by atoms with Crippen LogP contribution in [0.2, 0.25) is 0 Å². The molecule has 0 saturated carbocycles. The highest BCUT2D eigenvalue weighted by Gasteiger charge is 2.16. The van der Waals surface area contributed by atoms with Crippen molar-refractivity contribution in [3.8, 4) is 5.75 Å². The minimum atomic E-state index is -0.0798. The molecule has 0 aliphatic rings. The van der Waals surface area contributed by atoms with Crippen molar-refractivity contribution in [3.05, 3.63) is 43.0 Å². The molecule has 5 heteroatoms. The van der Waals surface area contributed by atoms with Gasteiger partial charge in [0.1, 0.15) is 11.9 Å². The van der Waals surface area contributed by atoms with E-state index in [4.69, 9.17) is 4.74 Å². The van der Waals surface area contributed by atoms with E-state index in [1.165, 1.54) is 6.92 Å². The predicted molar refractivity (Wildman–Crippen MR) is 82.2 cm³/mol. The number of imidazole rings is 1. The summed E-state index contributed by atoms with van der Waals surface area (Å²) in [5.41, 5.74) is 0.769. The van der Waals surface area contributed by atoms with Crippen LogP contribution >= 0.6 is 0 Å². The highest BCUT2D eigenvalue weighted by Crippen LogP contribution is 2.20. The molecule has 1 aromatic heterocycles. The molecule has 0 bridgehead atoms. The first kappa shape index (κ1) is 15.1. The van der Waals surface area contributed by atoms with E-state index in [0.717, 1.165) is 18.0 Å². The molecule has 1 unspecified atom stereocenters. The zero-order valence-corrected chi connectivity index (χ0v) is 12.6. The summed E-state index contributed by atoms with van der Waals surface area (Å²) >= 11 is 0. The number of ether oxygens (including phenoxy) is 1. The maximum Gasteiger partial charge on any atom is 0.221 e. The molecule has 21 heavy (non-hydrogen) atoms. The summed E-state index contributed by atoms with van der Waals surface area (Å²) in [4.78, 5) is 15.0. The summed E-state index contributed by atoms with van der Waals surface area (Å²) in [6.07, 6.45) is 5.54. The van der Waals surface area contributed by atoms with Crippen LogP contribution in [0, 0.1) is 5.92 Å². The van der Waals surface area contributed by atoms with Gasteiger partial charge in [0.15, 0.2) is 0 Å². The number of carbonyl (C=O) groups excluding carboxylic acids is 1. The van der Waals surface area contributed by atoms with Crippen LogP contribution in [0.3, 0.4) is 0 Å². The van der Waals surface area contributed by atoms with Gasteiger partial charge in [0.25, 0.3) is 0 Å². The standard InChI is InChI=1S/C16H21N3O2/c1-12(2)16(10-19-9-8-17-11-19)21-15-6-4-14(5-7-15)18-13(3)20/h4-9,11-12,16H,10H2,1-3H3,(H,18,20). The SMILES string of the molecule is CC(=O)Nc1ccc(OC(Cn2ccnc2)C(C)C)cc1. The lowest BCUT2D eigenvalue weighted by Gasteiger charge is -2.23. The van der Waals surface area contributed by atoms with Crippen LogP contribution in [0.15, 0.2) is 43.0 Å². The Morgan fingerprint density at radius 2 is 2.05 bits per heavy atom. The average Bonchev–Trinajstić information content (AvgIpc) is 2.92. The number of aromatic nitrogens is 2. The smallest absolute Gasteiger partial charge is 0.221 e. The third-order valence-electron chi connectivity index (χ3n) is 3.16. The molecule has 2 aromatic rings. The normalized spacial score (nSPS) is 12.2. The minimum absolute atomic E-state index is 0.0609. The number of rotatable bonds is 6. The summed E-state index contributed by atoms with van der Waals surface area (Å²) in [7, 11) is 0. The van der Waals surface area contributed by atoms with Gasteiger partial charge in [0.05, 0.1) is 12.9 Å². The number of hydrogen-bond donors (Lipinski definition) is 1. The molecule has 1 amide bonds. The molecule has 1 aromatic carbocycles. The molecule has 5 nitrogen and oxygen atoms in total. The molecule has 0 radical (unpaired) electrons. The fourth-order valence-corrected chi connectivity index (χ4v) is 1.98. The van der Waals surface area contributed by atoms with Crippen molar-refractivity contribution < 1.29 is 9.53 Å². The second-order valence-electron chi connectivity index (χ2n) is 5.37. The molecule has 0 saturated heterocycles. The summed E-state index contributed by atoms with van der Waals surface area (Å²) in [6.45, 7) is 6.51. The van der Waals surface area contributed by atoms with E-state index in [-0.39, 0.29) is 12.0 Å². The summed E-state index contributed by atoms with van der Waals surface area (Å²) in [6, 6.07) is 7.42. The Labute approximate surface area is 125 Å². The fourth-order valence-electron chi connectivity index (χ4n) is 1.98. The maximum atomic E-state index is 11.0. The molecule has 1 atom stereocenters. The lowest BCUT2D eigenvalue weighted by Crippen LogP contribution is -2.28. The Balaban J connectivity index is 2.01. The van der Waals surface area contributed by atoms with E-state index in [1.807, 2.05) is 35.0 Å². The lowest BCUT2D eigenvalue weighted by molar-refractivity contribution is -0.114. The van der Waals surface area contributed by atoms with Gasteiger partial charge in [0, 0.05) is 25.0 Å². The van der Waals surface area contributed by atoms with Gasteiger partial charge in [-0.3, -0.25) is 4.79 Å². The van der Waals surface area contributed by atoms with Gasteiger partial charge >= 0.3 is 0 Å². The highest BCUT2D eigenvalue weighted by atomic mass is 16.5.